The Morgan fingerprint density at radius 1 is 1.40 bits per heavy atom. The zero-order chi connectivity index (χ0) is 13.9. The van der Waals surface area contributed by atoms with Gasteiger partial charge < -0.3 is 14.6 Å². The fraction of sp³-hybridized carbons (Fsp3) is 0.438. The molecule has 1 N–H and O–H groups in total. The van der Waals surface area contributed by atoms with Crippen molar-refractivity contribution in [3.63, 3.8) is 0 Å². The van der Waals surface area contributed by atoms with Crippen LogP contribution >= 0.6 is 0 Å². The van der Waals surface area contributed by atoms with E-state index >= 15 is 0 Å². The molecule has 0 aliphatic carbocycles. The largest absolute Gasteiger partial charge is 0.488 e. The van der Waals surface area contributed by atoms with Crippen LogP contribution in [0.4, 0.5) is 0 Å². The SMILES string of the molecule is CC(C)NCc1cncn1CC1Cc2ccccc2O1. The molecule has 0 fully saturated rings. The van der Waals surface area contributed by atoms with Gasteiger partial charge >= 0.3 is 0 Å². The van der Waals surface area contributed by atoms with E-state index in [0.29, 0.717) is 6.04 Å². The predicted molar refractivity (Wildman–Crippen MR) is 78.8 cm³/mol. The molecule has 1 aromatic carbocycles. The van der Waals surface area contributed by atoms with E-state index in [0.717, 1.165) is 25.3 Å². The second kappa shape index (κ2) is 5.67. The van der Waals surface area contributed by atoms with Crippen LogP contribution in [-0.2, 0) is 19.5 Å². The van der Waals surface area contributed by atoms with Gasteiger partial charge in [-0.25, -0.2) is 4.98 Å². The number of fused-ring (bicyclic) bond motifs is 1. The quantitative estimate of drug-likeness (QED) is 0.907. The maximum Gasteiger partial charge on any atom is 0.123 e. The molecule has 4 nitrogen and oxygen atoms in total. The summed E-state index contributed by atoms with van der Waals surface area (Å²) >= 11 is 0. The minimum atomic E-state index is 0.208. The smallest absolute Gasteiger partial charge is 0.123 e. The number of rotatable bonds is 5. The van der Waals surface area contributed by atoms with Gasteiger partial charge in [-0.05, 0) is 11.6 Å². The van der Waals surface area contributed by atoms with Crippen molar-refractivity contribution in [2.75, 3.05) is 0 Å². The maximum absolute atomic E-state index is 5.99. The van der Waals surface area contributed by atoms with Gasteiger partial charge in [0.15, 0.2) is 0 Å². The highest BCUT2D eigenvalue weighted by atomic mass is 16.5. The molecule has 4 heteroatoms. The first-order valence-electron chi connectivity index (χ1n) is 7.19. The van der Waals surface area contributed by atoms with Gasteiger partial charge in [0.25, 0.3) is 0 Å². The molecule has 3 rings (SSSR count). The summed E-state index contributed by atoms with van der Waals surface area (Å²) in [7, 11) is 0. The number of benzene rings is 1. The van der Waals surface area contributed by atoms with Crippen LogP contribution in [0.25, 0.3) is 0 Å². The van der Waals surface area contributed by atoms with E-state index in [2.05, 4.69) is 40.8 Å². The molecule has 1 aromatic heterocycles. The zero-order valence-electron chi connectivity index (χ0n) is 12.0. The van der Waals surface area contributed by atoms with E-state index in [1.165, 1.54) is 11.3 Å². The molecule has 0 spiro atoms. The second-order valence-corrected chi connectivity index (χ2v) is 5.62. The molecule has 1 unspecified atom stereocenters. The molecule has 1 aliphatic heterocycles. The molecule has 0 saturated heterocycles. The molecular weight excluding hydrogens is 250 g/mol. The van der Waals surface area contributed by atoms with Crippen molar-refractivity contribution in [3.05, 3.63) is 48.0 Å². The first-order chi connectivity index (χ1) is 9.72. The van der Waals surface area contributed by atoms with Gasteiger partial charge in [-0.15, -0.1) is 0 Å². The summed E-state index contributed by atoms with van der Waals surface area (Å²) in [5.74, 6) is 1.03. The first kappa shape index (κ1) is 13.2. The average Bonchev–Trinajstić information content (AvgIpc) is 3.02. The molecule has 20 heavy (non-hydrogen) atoms. The normalized spacial score (nSPS) is 17.2. The van der Waals surface area contributed by atoms with Crippen LogP contribution in [0, 0.1) is 0 Å². The van der Waals surface area contributed by atoms with E-state index in [4.69, 9.17) is 4.74 Å². The molecule has 106 valence electrons. The summed E-state index contributed by atoms with van der Waals surface area (Å²) in [5.41, 5.74) is 2.51. The van der Waals surface area contributed by atoms with Crippen molar-refractivity contribution in [2.24, 2.45) is 0 Å². The maximum atomic E-state index is 5.99. The lowest BCUT2D eigenvalue weighted by atomic mass is 10.1. The Hall–Kier alpha value is -1.81. The molecule has 1 atom stereocenters. The standard InChI is InChI=1S/C16H21N3O/c1-12(2)18-9-14-8-17-11-19(14)10-15-7-13-5-3-4-6-16(13)20-15/h3-6,8,11-12,15,18H,7,9-10H2,1-2H3. The van der Waals surface area contributed by atoms with E-state index in [1.807, 2.05) is 24.7 Å². The lowest BCUT2D eigenvalue weighted by molar-refractivity contribution is 0.207. The van der Waals surface area contributed by atoms with Crippen molar-refractivity contribution in [1.29, 1.82) is 0 Å². The number of hydrogen-bond acceptors (Lipinski definition) is 3. The molecule has 1 aliphatic rings. The van der Waals surface area contributed by atoms with Crippen LogP contribution in [0.3, 0.4) is 0 Å². The number of aromatic nitrogens is 2. The molecule has 0 bridgehead atoms. The van der Waals surface area contributed by atoms with Crippen LogP contribution in [0.1, 0.15) is 25.1 Å². The van der Waals surface area contributed by atoms with Gasteiger partial charge in [0.2, 0.25) is 0 Å². The third-order valence-corrected chi connectivity index (χ3v) is 3.60. The average molecular weight is 271 g/mol. The van der Waals surface area contributed by atoms with Gasteiger partial charge in [-0.2, -0.15) is 0 Å². The zero-order valence-corrected chi connectivity index (χ0v) is 12.0. The van der Waals surface area contributed by atoms with Crippen LogP contribution in [-0.4, -0.2) is 21.7 Å². The second-order valence-electron chi connectivity index (χ2n) is 5.62. The monoisotopic (exact) mass is 271 g/mol. The molecule has 2 aromatic rings. The highest BCUT2D eigenvalue weighted by Crippen LogP contribution is 2.28. The van der Waals surface area contributed by atoms with Crippen LogP contribution in [0.15, 0.2) is 36.8 Å². The number of nitrogens with one attached hydrogen (secondary N) is 1. The Morgan fingerprint density at radius 2 is 2.25 bits per heavy atom. The first-order valence-corrected chi connectivity index (χ1v) is 7.19. The lowest BCUT2D eigenvalue weighted by Crippen LogP contribution is -2.26. The molecular formula is C16H21N3O. The van der Waals surface area contributed by atoms with E-state index in [-0.39, 0.29) is 6.10 Å². The Balaban J connectivity index is 1.64. The van der Waals surface area contributed by atoms with Crippen LogP contribution < -0.4 is 10.1 Å². The number of nitrogens with zero attached hydrogens (tertiary/aromatic N) is 2. The summed E-state index contributed by atoms with van der Waals surface area (Å²) in [5, 5.41) is 3.43. The molecule has 2 heterocycles. The molecule has 0 amide bonds. The van der Waals surface area contributed by atoms with Gasteiger partial charge in [0, 0.05) is 25.2 Å². The highest BCUT2D eigenvalue weighted by molar-refractivity contribution is 5.37. The number of ether oxygens (including phenoxy) is 1. The fourth-order valence-electron chi connectivity index (χ4n) is 2.54. The van der Waals surface area contributed by atoms with Crippen molar-refractivity contribution in [1.82, 2.24) is 14.9 Å². The van der Waals surface area contributed by atoms with Crippen molar-refractivity contribution in [3.8, 4) is 5.75 Å². The topological polar surface area (TPSA) is 39.1 Å². The number of para-hydroxylation sites is 1. The van der Waals surface area contributed by atoms with Gasteiger partial charge in [-0.3, -0.25) is 0 Å². The third kappa shape index (κ3) is 2.85. The van der Waals surface area contributed by atoms with Gasteiger partial charge in [-0.1, -0.05) is 32.0 Å². The van der Waals surface area contributed by atoms with Crippen molar-refractivity contribution in [2.45, 2.75) is 45.5 Å². The van der Waals surface area contributed by atoms with Crippen LogP contribution in [0.2, 0.25) is 0 Å². The minimum absolute atomic E-state index is 0.208. The van der Waals surface area contributed by atoms with Crippen LogP contribution in [0.5, 0.6) is 5.75 Å². The third-order valence-electron chi connectivity index (χ3n) is 3.60. The van der Waals surface area contributed by atoms with E-state index in [9.17, 15) is 0 Å². The number of hydrogen-bond donors (Lipinski definition) is 1. The van der Waals surface area contributed by atoms with E-state index < -0.39 is 0 Å². The van der Waals surface area contributed by atoms with Gasteiger partial charge in [0.05, 0.1) is 18.6 Å². The highest BCUT2D eigenvalue weighted by Gasteiger charge is 2.23. The minimum Gasteiger partial charge on any atom is -0.488 e. The summed E-state index contributed by atoms with van der Waals surface area (Å²) in [6.45, 7) is 6.00. The predicted octanol–water partition coefficient (Wildman–Crippen LogP) is 2.38. The Morgan fingerprint density at radius 3 is 3.05 bits per heavy atom. The summed E-state index contributed by atoms with van der Waals surface area (Å²) < 4.78 is 8.18. The Kier molecular flexibility index (Phi) is 3.74. The summed E-state index contributed by atoms with van der Waals surface area (Å²) in [4.78, 5) is 4.26. The Labute approximate surface area is 119 Å². The summed E-state index contributed by atoms with van der Waals surface area (Å²) in [6, 6.07) is 8.76. The molecule has 0 saturated carbocycles. The number of imidazole rings is 1. The molecule has 0 radical (unpaired) electrons. The van der Waals surface area contributed by atoms with Crippen molar-refractivity contribution >= 4 is 0 Å². The lowest BCUT2D eigenvalue weighted by Gasteiger charge is -2.15. The van der Waals surface area contributed by atoms with Crippen molar-refractivity contribution < 1.29 is 4.74 Å². The fourth-order valence-corrected chi connectivity index (χ4v) is 2.54. The Bertz CT molecular complexity index is 552. The summed E-state index contributed by atoms with van der Waals surface area (Å²) in [6.07, 6.45) is 5.01. The van der Waals surface area contributed by atoms with E-state index in [1.54, 1.807) is 0 Å². The van der Waals surface area contributed by atoms with Gasteiger partial charge in [0.1, 0.15) is 11.9 Å².